The molecule has 1 N–H and O–H groups in total. The van der Waals surface area contributed by atoms with E-state index < -0.39 is 42.6 Å². The van der Waals surface area contributed by atoms with E-state index in [1.807, 2.05) is 6.92 Å². The highest BCUT2D eigenvalue weighted by Crippen LogP contribution is 2.23. The van der Waals surface area contributed by atoms with Crippen molar-refractivity contribution in [2.24, 2.45) is 0 Å². The third-order valence-corrected chi connectivity index (χ3v) is 4.19. The topological polar surface area (TPSA) is 63.2 Å². The molecule has 0 aliphatic rings. The molecule has 21 heavy (non-hydrogen) atoms. The predicted octanol–water partition coefficient (Wildman–Crippen LogP) is 3.20. The summed E-state index contributed by atoms with van der Waals surface area (Å²) in [6.45, 7) is 5.41. The second-order valence-corrected chi connectivity index (χ2v) is 7.82. The highest BCUT2D eigenvalue weighted by molar-refractivity contribution is 8.13. The molecule has 0 aromatic heterocycles. The van der Waals surface area contributed by atoms with Crippen LogP contribution in [0.4, 0.5) is 8.78 Å². The van der Waals surface area contributed by atoms with Gasteiger partial charge in [-0.2, -0.15) is 0 Å². The molecular weight excluding hydrogens is 324 g/mol. The van der Waals surface area contributed by atoms with Gasteiger partial charge in [0.1, 0.15) is 16.5 Å². The van der Waals surface area contributed by atoms with Crippen LogP contribution in [0.25, 0.3) is 0 Å². The molecule has 118 valence electrons. The van der Waals surface area contributed by atoms with E-state index >= 15 is 0 Å². The van der Waals surface area contributed by atoms with Crippen LogP contribution in [0.5, 0.6) is 0 Å². The average Bonchev–Trinajstić information content (AvgIpc) is 2.25. The van der Waals surface area contributed by atoms with Crippen molar-refractivity contribution >= 4 is 25.6 Å². The molecule has 0 bridgehead atoms. The first kappa shape index (κ1) is 17.8. The maximum Gasteiger partial charge on any atom is 0.264 e. The van der Waals surface area contributed by atoms with E-state index in [9.17, 15) is 22.0 Å². The molecule has 4 nitrogen and oxygen atoms in total. The van der Waals surface area contributed by atoms with Crippen molar-refractivity contribution in [3.8, 4) is 0 Å². The Morgan fingerprint density at radius 3 is 2.33 bits per heavy atom. The van der Waals surface area contributed by atoms with Gasteiger partial charge in [0.15, 0.2) is 0 Å². The lowest BCUT2D eigenvalue weighted by Crippen LogP contribution is -2.43. The second kappa shape index (κ2) is 6.27. The van der Waals surface area contributed by atoms with Crippen LogP contribution >= 0.6 is 10.7 Å². The van der Waals surface area contributed by atoms with Crippen LogP contribution in [-0.4, -0.2) is 19.9 Å². The minimum Gasteiger partial charge on any atom is -0.347 e. The molecule has 1 rings (SSSR count). The molecule has 0 saturated carbocycles. The highest BCUT2D eigenvalue weighted by Gasteiger charge is 2.26. The molecule has 0 fully saturated rings. The third kappa shape index (κ3) is 4.64. The van der Waals surface area contributed by atoms with Gasteiger partial charge in [-0.25, -0.2) is 17.2 Å². The summed E-state index contributed by atoms with van der Waals surface area (Å²) >= 11 is 0. The van der Waals surface area contributed by atoms with E-state index in [2.05, 4.69) is 5.32 Å². The van der Waals surface area contributed by atoms with Crippen molar-refractivity contribution in [2.45, 2.75) is 44.0 Å². The maximum absolute atomic E-state index is 13.7. The standard InChI is InChI=1S/C13H16ClF2NO3S/c1-4-5-13(2,3)17-12(18)8-6-11(21(14,19)20)10(16)7-9(8)15/h6-7H,4-5H2,1-3H3,(H,17,18). The molecule has 0 spiro atoms. The van der Waals surface area contributed by atoms with Gasteiger partial charge >= 0.3 is 0 Å². The smallest absolute Gasteiger partial charge is 0.264 e. The van der Waals surface area contributed by atoms with Crippen LogP contribution in [0.15, 0.2) is 17.0 Å². The van der Waals surface area contributed by atoms with E-state index in [1.165, 1.54) is 0 Å². The number of halogens is 3. The van der Waals surface area contributed by atoms with Gasteiger partial charge in [-0.15, -0.1) is 0 Å². The molecule has 1 aromatic rings. The van der Waals surface area contributed by atoms with Crippen LogP contribution in [0, 0.1) is 11.6 Å². The van der Waals surface area contributed by atoms with Crippen LogP contribution < -0.4 is 5.32 Å². The Bertz CT molecular complexity index is 660. The monoisotopic (exact) mass is 339 g/mol. The number of hydrogen-bond donors (Lipinski definition) is 1. The molecule has 0 aliphatic carbocycles. The predicted molar refractivity (Wildman–Crippen MR) is 75.9 cm³/mol. The Hall–Kier alpha value is -1.21. The average molecular weight is 340 g/mol. The lowest BCUT2D eigenvalue weighted by atomic mass is 9.98. The van der Waals surface area contributed by atoms with E-state index in [0.717, 1.165) is 6.42 Å². The van der Waals surface area contributed by atoms with Gasteiger partial charge < -0.3 is 5.32 Å². The minimum atomic E-state index is -4.41. The number of benzene rings is 1. The van der Waals surface area contributed by atoms with E-state index in [0.29, 0.717) is 18.6 Å². The van der Waals surface area contributed by atoms with Gasteiger partial charge in [-0.05, 0) is 26.3 Å². The Balaban J connectivity index is 3.22. The molecule has 0 aliphatic heterocycles. The number of carbonyl (C=O) groups excluding carboxylic acids is 1. The Morgan fingerprint density at radius 2 is 1.86 bits per heavy atom. The summed E-state index contributed by atoms with van der Waals surface area (Å²) < 4.78 is 49.5. The van der Waals surface area contributed by atoms with Crippen LogP contribution in [0.1, 0.15) is 44.0 Å². The molecular formula is C13H16ClF2NO3S. The summed E-state index contributed by atoms with van der Waals surface area (Å²) in [6, 6.07) is 0.932. The number of carbonyl (C=O) groups is 1. The summed E-state index contributed by atoms with van der Waals surface area (Å²) in [6.07, 6.45) is 1.43. The van der Waals surface area contributed by atoms with Crippen molar-refractivity contribution < 1.29 is 22.0 Å². The summed E-state index contributed by atoms with van der Waals surface area (Å²) in [7, 11) is 0.644. The number of nitrogens with one attached hydrogen (secondary N) is 1. The molecule has 1 aromatic carbocycles. The van der Waals surface area contributed by atoms with Crippen molar-refractivity contribution in [3.63, 3.8) is 0 Å². The van der Waals surface area contributed by atoms with Gasteiger partial charge in [0, 0.05) is 22.3 Å². The normalized spacial score (nSPS) is 12.3. The second-order valence-electron chi connectivity index (χ2n) is 5.29. The lowest BCUT2D eigenvalue weighted by molar-refractivity contribution is 0.0904. The first-order chi connectivity index (χ1) is 9.48. The zero-order valence-electron chi connectivity index (χ0n) is 11.8. The van der Waals surface area contributed by atoms with Gasteiger partial charge in [-0.3, -0.25) is 4.79 Å². The van der Waals surface area contributed by atoms with E-state index in [4.69, 9.17) is 10.7 Å². The van der Waals surface area contributed by atoms with E-state index in [-0.39, 0.29) is 0 Å². The van der Waals surface area contributed by atoms with Gasteiger partial charge in [0.05, 0.1) is 5.56 Å². The lowest BCUT2D eigenvalue weighted by Gasteiger charge is -2.26. The summed E-state index contributed by atoms with van der Waals surface area (Å²) in [5.74, 6) is -3.32. The van der Waals surface area contributed by atoms with Gasteiger partial charge in [0.2, 0.25) is 0 Å². The quantitative estimate of drug-likeness (QED) is 0.838. The summed E-state index contributed by atoms with van der Waals surface area (Å²) in [4.78, 5) is 11.1. The SMILES string of the molecule is CCCC(C)(C)NC(=O)c1cc(S(=O)(=O)Cl)c(F)cc1F. The maximum atomic E-state index is 13.7. The number of amides is 1. The third-order valence-electron chi connectivity index (χ3n) is 2.86. The zero-order valence-corrected chi connectivity index (χ0v) is 13.4. The van der Waals surface area contributed by atoms with Crippen molar-refractivity contribution in [1.82, 2.24) is 5.32 Å². The first-order valence-electron chi connectivity index (χ1n) is 6.24. The fourth-order valence-corrected chi connectivity index (χ4v) is 2.86. The Morgan fingerprint density at radius 1 is 1.29 bits per heavy atom. The largest absolute Gasteiger partial charge is 0.347 e. The Kier molecular flexibility index (Phi) is 5.33. The van der Waals surface area contributed by atoms with Crippen molar-refractivity contribution in [3.05, 3.63) is 29.3 Å². The first-order valence-corrected chi connectivity index (χ1v) is 8.55. The molecule has 0 unspecified atom stereocenters. The molecule has 1 amide bonds. The molecule has 0 saturated heterocycles. The highest BCUT2D eigenvalue weighted by atomic mass is 35.7. The fourth-order valence-electron chi connectivity index (χ4n) is 1.95. The van der Waals surface area contributed by atoms with E-state index in [1.54, 1.807) is 13.8 Å². The summed E-state index contributed by atoms with van der Waals surface area (Å²) in [5.41, 5.74) is -1.17. The fraction of sp³-hybridized carbons (Fsp3) is 0.462. The minimum absolute atomic E-state index is 0.330. The summed E-state index contributed by atoms with van der Waals surface area (Å²) in [5, 5.41) is 2.57. The molecule has 0 atom stereocenters. The van der Waals surface area contributed by atoms with Crippen LogP contribution in [0.3, 0.4) is 0 Å². The number of rotatable bonds is 5. The van der Waals surface area contributed by atoms with Gasteiger partial charge in [-0.1, -0.05) is 13.3 Å². The van der Waals surface area contributed by atoms with Crippen molar-refractivity contribution in [1.29, 1.82) is 0 Å². The molecule has 0 radical (unpaired) electrons. The van der Waals surface area contributed by atoms with Gasteiger partial charge in [0.25, 0.3) is 15.0 Å². The number of hydrogen-bond acceptors (Lipinski definition) is 3. The molecule has 0 heterocycles. The zero-order chi connectivity index (χ0) is 16.4. The molecule has 8 heteroatoms. The van der Waals surface area contributed by atoms with Crippen LogP contribution in [-0.2, 0) is 9.05 Å². The van der Waals surface area contributed by atoms with Crippen molar-refractivity contribution in [2.75, 3.05) is 0 Å². The Labute approximate surface area is 126 Å². The van der Waals surface area contributed by atoms with Crippen LogP contribution in [0.2, 0.25) is 0 Å².